The number of ether oxygens (including phenoxy) is 6. The molecule has 0 aliphatic heterocycles. The van der Waals surface area contributed by atoms with E-state index in [0.29, 0.717) is 46.1 Å². The Morgan fingerprint density at radius 3 is 1.38 bits per heavy atom. The number of allylic oxidation sites excluding steroid dienone is 4. The van der Waals surface area contributed by atoms with Crippen LogP contribution in [0.1, 0.15) is 219 Å². The van der Waals surface area contributed by atoms with Crippen LogP contribution in [0.15, 0.2) is 24.3 Å². The fourth-order valence-electron chi connectivity index (χ4n) is 7.44. The highest BCUT2D eigenvalue weighted by atomic mass is 16.6. The second-order valence-electron chi connectivity index (χ2n) is 17.5. The van der Waals surface area contributed by atoms with Crippen LogP contribution >= 0.6 is 0 Å². The number of carbonyl (C=O) groups is 1. The zero-order valence-corrected chi connectivity index (χ0v) is 41.1. The maximum Gasteiger partial charge on any atom is 0.305 e. The first-order valence-electron chi connectivity index (χ1n) is 26.1. The first-order valence-corrected chi connectivity index (χ1v) is 26.1. The van der Waals surface area contributed by atoms with Gasteiger partial charge in [-0.25, -0.2) is 0 Å². The van der Waals surface area contributed by atoms with E-state index >= 15 is 0 Å². The molecule has 61 heavy (non-hydrogen) atoms. The third-order valence-electron chi connectivity index (χ3n) is 11.3. The zero-order valence-electron chi connectivity index (χ0n) is 41.1. The fourth-order valence-corrected chi connectivity index (χ4v) is 7.44. The second-order valence-corrected chi connectivity index (χ2v) is 17.5. The molecule has 0 radical (unpaired) electrons. The third kappa shape index (κ3) is 51.2. The molecular formula is C53H103NO7. The van der Waals surface area contributed by atoms with Crippen LogP contribution in [-0.4, -0.2) is 104 Å². The molecule has 0 aliphatic rings. The van der Waals surface area contributed by atoms with Crippen LogP contribution < -0.4 is 0 Å². The largest absolute Gasteiger partial charge is 0.463 e. The summed E-state index contributed by atoms with van der Waals surface area (Å²) in [5.74, 6) is -0.158. The van der Waals surface area contributed by atoms with Crippen molar-refractivity contribution < 1.29 is 33.2 Å². The van der Waals surface area contributed by atoms with Gasteiger partial charge in [0.2, 0.25) is 0 Å². The van der Waals surface area contributed by atoms with Gasteiger partial charge in [0.1, 0.15) is 6.61 Å². The van der Waals surface area contributed by atoms with E-state index in [1.807, 2.05) is 0 Å². The van der Waals surface area contributed by atoms with Gasteiger partial charge in [0.05, 0.1) is 45.7 Å². The summed E-state index contributed by atoms with van der Waals surface area (Å²) in [5, 5.41) is 0. The molecule has 0 bridgehead atoms. The quantitative estimate of drug-likeness (QED) is 0.0340. The average Bonchev–Trinajstić information content (AvgIpc) is 3.26. The topological polar surface area (TPSA) is 75.7 Å². The number of likely N-dealkylation sites (N-methyl/N-ethyl adjacent to an activating group) is 1. The molecule has 0 N–H and O–H groups in total. The minimum atomic E-state index is -0.158. The van der Waals surface area contributed by atoms with Gasteiger partial charge < -0.3 is 33.3 Å². The highest BCUT2D eigenvalue weighted by Gasteiger charge is 2.13. The number of esters is 1. The molecule has 0 saturated heterocycles. The molecule has 0 spiro atoms. The van der Waals surface area contributed by atoms with Gasteiger partial charge in [-0.3, -0.25) is 4.79 Å². The number of methoxy groups -OCH3 is 1. The highest BCUT2D eigenvalue weighted by Crippen LogP contribution is 2.13. The Balaban J connectivity index is 4.21. The van der Waals surface area contributed by atoms with Crippen molar-refractivity contribution in [2.24, 2.45) is 0 Å². The SMILES string of the molecule is CCCCCCCC/C=C\CCCCCCCCCOCC(CN(C)CCCCC(=O)OCCOCCOCCOC)OCCCCCCCC/C=C\CCCCCCCC. The first kappa shape index (κ1) is 59.7. The van der Waals surface area contributed by atoms with Crippen molar-refractivity contribution >= 4 is 5.97 Å². The number of rotatable bonds is 52. The number of hydrogen-bond donors (Lipinski definition) is 0. The lowest BCUT2D eigenvalue weighted by atomic mass is 10.1. The maximum absolute atomic E-state index is 12.2. The van der Waals surface area contributed by atoms with E-state index in [2.05, 4.69) is 50.1 Å². The van der Waals surface area contributed by atoms with E-state index in [0.717, 1.165) is 52.0 Å². The maximum atomic E-state index is 12.2. The van der Waals surface area contributed by atoms with Crippen molar-refractivity contribution in [2.45, 2.75) is 225 Å². The Hall–Kier alpha value is -1.29. The Kier molecular flexibility index (Phi) is 51.9. The molecule has 0 heterocycles. The van der Waals surface area contributed by atoms with Crippen molar-refractivity contribution in [3.63, 3.8) is 0 Å². The number of nitrogens with zero attached hydrogens (tertiary/aromatic N) is 1. The Morgan fingerprint density at radius 1 is 0.459 bits per heavy atom. The molecule has 0 aromatic heterocycles. The second kappa shape index (κ2) is 53.1. The summed E-state index contributed by atoms with van der Waals surface area (Å²) >= 11 is 0. The van der Waals surface area contributed by atoms with Gasteiger partial charge in [0.25, 0.3) is 0 Å². The van der Waals surface area contributed by atoms with Crippen molar-refractivity contribution in [2.75, 3.05) is 86.7 Å². The van der Waals surface area contributed by atoms with Gasteiger partial charge in [-0.05, 0) is 90.6 Å². The summed E-state index contributed by atoms with van der Waals surface area (Å²) in [6.07, 6.45) is 50.2. The Morgan fingerprint density at radius 2 is 0.885 bits per heavy atom. The van der Waals surface area contributed by atoms with Gasteiger partial charge in [-0.1, -0.05) is 160 Å². The van der Waals surface area contributed by atoms with Gasteiger partial charge in [-0.15, -0.1) is 0 Å². The highest BCUT2D eigenvalue weighted by molar-refractivity contribution is 5.69. The van der Waals surface area contributed by atoms with Crippen LogP contribution in [0.2, 0.25) is 0 Å². The van der Waals surface area contributed by atoms with Gasteiger partial charge in [-0.2, -0.15) is 0 Å². The lowest BCUT2D eigenvalue weighted by Gasteiger charge is -2.24. The molecule has 0 rings (SSSR count). The standard InChI is InChI=1S/C53H103NO7/c1-5-7-9-11-13-15-17-19-21-23-24-26-28-30-32-34-38-42-59-51-52(60-43-39-35-33-31-29-27-25-22-20-18-16-14-12-10-8-6-2)50-54(3)41-37-36-40-53(55)61-49-48-58-47-46-57-45-44-56-4/h19-22,52H,5-18,23-51H2,1-4H3/b21-19-,22-20-. The molecular weight excluding hydrogens is 763 g/mol. The molecule has 0 fully saturated rings. The van der Waals surface area contributed by atoms with Crippen LogP contribution in [0.4, 0.5) is 0 Å². The Bertz CT molecular complexity index is 900. The van der Waals surface area contributed by atoms with Crippen LogP contribution in [-0.2, 0) is 33.2 Å². The van der Waals surface area contributed by atoms with Crippen LogP contribution in [0.5, 0.6) is 0 Å². The van der Waals surface area contributed by atoms with E-state index in [9.17, 15) is 4.79 Å². The van der Waals surface area contributed by atoms with Crippen molar-refractivity contribution in [3.05, 3.63) is 24.3 Å². The van der Waals surface area contributed by atoms with Crippen LogP contribution in [0.25, 0.3) is 0 Å². The molecule has 0 aliphatic carbocycles. The molecule has 0 aromatic rings. The molecule has 8 nitrogen and oxygen atoms in total. The van der Waals surface area contributed by atoms with E-state index in [1.165, 1.54) is 173 Å². The predicted molar refractivity (Wildman–Crippen MR) is 260 cm³/mol. The van der Waals surface area contributed by atoms with Crippen molar-refractivity contribution in [1.29, 1.82) is 0 Å². The zero-order chi connectivity index (χ0) is 44.2. The summed E-state index contributed by atoms with van der Waals surface area (Å²) in [6.45, 7) is 11.4. The summed E-state index contributed by atoms with van der Waals surface area (Å²) in [6, 6.07) is 0. The lowest BCUT2D eigenvalue weighted by Crippen LogP contribution is -2.35. The summed E-state index contributed by atoms with van der Waals surface area (Å²) in [4.78, 5) is 14.5. The van der Waals surface area contributed by atoms with Crippen LogP contribution in [0.3, 0.4) is 0 Å². The summed E-state index contributed by atoms with van der Waals surface area (Å²) < 4.78 is 33.7. The van der Waals surface area contributed by atoms with Crippen molar-refractivity contribution in [3.8, 4) is 0 Å². The monoisotopic (exact) mass is 866 g/mol. The molecule has 8 heteroatoms. The molecule has 1 unspecified atom stereocenters. The smallest absolute Gasteiger partial charge is 0.305 e. The van der Waals surface area contributed by atoms with E-state index in [4.69, 9.17) is 28.4 Å². The molecule has 362 valence electrons. The number of carbonyl (C=O) groups excluding carboxylic acids is 1. The number of hydrogen-bond acceptors (Lipinski definition) is 8. The van der Waals surface area contributed by atoms with Gasteiger partial charge >= 0.3 is 5.97 Å². The normalized spacial score (nSPS) is 12.5. The van der Waals surface area contributed by atoms with Crippen molar-refractivity contribution in [1.82, 2.24) is 4.90 Å². The number of unbranched alkanes of at least 4 members (excludes halogenated alkanes) is 26. The third-order valence-corrected chi connectivity index (χ3v) is 11.3. The van der Waals surface area contributed by atoms with E-state index in [1.54, 1.807) is 7.11 Å². The summed E-state index contributed by atoms with van der Waals surface area (Å²) in [7, 11) is 3.81. The Labute approximate surface area is 379 Å². The predicted octanol–water partition coefficient (Wildman–Crippen LogP) is 14.2. The molecule has 0 saturated carbocycles. The van der Waals surface area contributed by atoms with E-state index < -0.39 is 0 Å². The minimum absolute atomic E-state index is 0.0725. The first-order chi connectivity index (χ1) is 30.1. The van der Waals surface area contributed by atoms with E-state index in [-0.39, 0.29) is 18.7 Å². The fraction of sp³-hybridized carbons (Fsp3) is 0.906. The van der Waals surface area contributed by atoms with Gasteiger partial charge in [0, 0.05) is 33.3 Å². The molecule has 0 aromatic carbocycles. The molecule has 0 amide bonds. The summed E-state index contributed by atoms with van der Waals surface area (Å²) in [5.41, 5.74) is 0. The lowest BCUT2D eigenvalue weighted by molar-refractivity contribution is -0.145. The minimum Gasteiger partial charge on any atom is -0.463 e. The average molecular weight is 866 g/mol. The molecule has 1 atom stereocenters. The van der Waals surface area contributed by atoms with Crippen LogP contribution in [0, 0.1) is 0 Å². The van der Waals surface area contributed by atoms with Gasteiger partial charge in [0.15, 0.2) is 0 Å².